The van der Waals surface area contributed by atoms with Crippen molar-refractivity contribution in [3.8, 4) is 17.2 Å². The second kappa shape index (κ2) is 8.20. The molecule has 5 nitrogen and oxygen atoms in total. The Balaban J connectivity index is 1.72. The van der Waals surface area contributed by atoms with Crippen molar-refractivity contribution in [3.63, 3.8) is 0 Å². The van der Waals surface area contributed by atoms with E-state index in [1.54, 1.807) is 30.3 Å². The Labute approximate surface area is 168 Å². The first-order valence-corrected chi connectivity index (χ1v) is 8.56. The van der Waals surface area contributed by atoms with Gasteiger partial charge in [0.2, 0.25) is 0 Å². The molecule has 0 fully saturated rings. The van der Waals surface area contributed by atoms with Crippen LogP contribution >= 0.6 is 11.6 Å². The molecule has 3 rings (SSSR count). The van der Waals surface area contributed by atoms with E-state index in [-0.39, 0.29) is 16.4 Å². The number of alkyl halides is 3. The lowest BCUT2D eigenvalue weighted by atomic mass is 10.0. The first-order chi connectivity index (χ1) is 13.8. The molecule has 0 aliphatic carbocycles. The molecule has 3 aromatic rings. The van der Waals surface area contributed by atoms with Crippen LogP contribution < -0.4 is 10.6 Å². The Bertz CT molecular complexity index is 1090. The zero-order valence-electron chi connectivity index (χ0n) is 14.6. The molecule has 0 atom stereocenters. The number of hydrogen-bond donors (Lipinski definition) is 2. The molecule has 9 heteroatoms. The van der Waals surface area contributed by atoms with E-state index in [0.29, 0.717) is 16.8 Å². The number of nitrogens with zero attached hydrogens (tertiary/aromatic N) is 2. The Morgan fingerprint density at radius 3 is 2.38 bits per heavy atom. The lowest BCUT2D eigenvalue weighted by Gasteiger charge is -2.11. The van der Waals surface area contributed by atoms with Gasteiger partial charge in [-0.25, -0.2) is 9.78 Å². The highest BCUT2D eigenvalue weighted by molar-refractivity contribution is 6.31. The number of halogens is 4. The predicted octanol–water partition coefficient (Wildman–Crippen LogP) is 5.94. The van der Waals surface area contributed by atoms with Crippen LogP contribution in [0.4, 0.5) is 29.3 Å². The quantitative estimate of drug-likeness (QED) is 0.519. The summed E-state index contributed by atoms with van der Waals surface area (Å²) in [4.78, 5) is 15.9. The molecule has 0 bridgehead atoms. The highest BCUT2D eigenvalue weighted by Gasteiger charge is 2.30. The van der Waals surface area contributed by atoms with Gasteiger partial charge in [-0.3, -0.25) is 0 Å². The van der Waals surface area contributed by atoms with Crippen molar-refractivity contribution >= 4 is 29.0 Å². The van der Waals surface area contributed by atoms with Crippen LogP contribution in [0.2, 0.25) is 5.15 Å². The molecule has 0 aliphatic rings. The summed E-state index contributed by atoms with van der Waals surface area (Å²) in [7, 11) is 0. The summed E-state index contributed by atoms with van der Waals surface area (Å²) in [6.45, 7) is 0. The van der Waals surface area contributed by atoms with E-state index in [2.05, 4.69) is 15.6 Å². The molecule has 0 radical (unpaired) electrons. The van der Waals surface area contributed by atoms with E-state index in [1.165, 1.54) is 18.3 Å². The van der Waals surface area contributed by atoms with E-state index in [1.807, 2.05) is 6.07 Å². The van der Waals surface area contributed by atoms with Gasteiger partial charge < -0.3 is 10.6 Å². The fourth-order valence-electron chi connectivity index (χ4n) is 2.58. The second-order valence-corrected chi connectivity index (χ2v) is 6.23. The molecule has 0 saturated carbocycles. The molecule has 29 heavy (non-hydrogen) atoms. The number of amides is 2. The minimum atomic E-state index is -4.50. The molecule has 1 aromatic heterocycles. The van der Waals surface area contributed by atoms with Crippen LogP contribution in [0.3, 0.4) is 0 Å². The van der Waals surface area contributed by atoms with Crippen LogP contribution in [0.1, 0.15) is 11.1 Å². The molecule has 146 valence electrons. The van der Waals surface area contributed by atoms with Gasteiger partial charge in [0.05, 0.1) is 11.1 Å². The number of hydrogen-bond acceptors (Lipinski definition) is 3. The smallest absolute Gasteiger partial charge is 0.308 e. The minimum absolute atomic E-state index is 0.0130. The number of pyridine rings is 1. The summed E-state index contributed by atoms with van der Waals surface area (Å²) in [5.74, 6) is 0. The Morgan fingerprint density at radius 2 is 1.72 bits per heavy atom. The van der Waals surface area contributed by atoms with Crippen LogP contribution in [0.25, 0.3) is 11.1 Å². The normalized spacial score (nSPS) is 10.9. The average molecular weight is 417 g/mol. The maximum absolute atomic E-state index is 12.7. The van der Waals surface area contributed by atoms with Crippen molar-refractivity contribution in [2.75, 3.05) is 10.6 Å². The number of carbonyl (C=O) groups is 1. The van der Waals surface area contributed by atoms with Gasteiger partial charge in [-0.1, -0.05) is 29.8 Å². The Morgan fingerprint density at radius 1 is 1.03 bits per heavy atom. The van der Waals surface area contributed by atoms with E-state index in [9.17, 15) is 23.2 Å². The van der Waals surface area contributed by atoms with Gasteiger partial charge >= 0.3 is 12.2 Å². The molecule has 0 aliphatic heterocycles. The predicted molar refractivity (Wildman–Crippen MR) is 103 cm³/mol. The highest BCUT2D eigenvalue weighted by Crippen LogP contribution is 2.31. The van der Waals surface area contributed by atoms with E-state index in [0.717, 1.165) is 12.1 Å². The van der Waals surface area contributed by atoms with Crippen LogP contribution in [-0.2, 0) is 6.18 Å². The van der Waals surface area contributed by atoms with Gasteiger partial charge in [0, 0.05) is 23.1 Å². The fourth-order valence-corrected chi connectivity index (χ4v) is 2.78. The molecule has 2 aromatic carbocycles. The van der Waals surface area contributed by atoms with Crippen molar-refractivity contribution < 1.29 is 18.0 Å². The first kappa shape index (κ1) is 20.2. The number of benzene rings is 2. The van der Waals surface area contributed by atoms with Crippen molar-refractivity contribution in [2.24, 2.45) is 0 Å². The third-order valence-corrected chi connectivity index (χ3v) is 4.20. The summed E-state index contributed by atoms with van der Waals surface area (Å²) >= 11 is 5.93. The SMILES string of the molecule is N#Cc1c(-c2ccc(NC(=O)Nc3cccc(C(F)(F)F)c3)cc2)ccnc1Cl. The maximum Gasteiger partial charge on any atom is 0.416 e. The molecular formula is C20H12ClF3N4O. The van der Waals surface area contributed by atoms with Gasteiger partial charge in [0.25, 0.3) is 0 Å². The zero-order chi connectivity index (χ0) is 21.0. The number of rotatable bonds is 3. The fraction of sp³-hybridized carbons (Fsp3) is 0.0500. The van der Waals surface area contributed by atoms with E-state index >= 15 is 0 Å². The average Bonchev–Trinajstić information content (AvgIpc) is 2.68. The van der Waals surface area contributed by atoms with Gasteiger partial charge in [-0.05, 0) is 42.0 Å². The summed E-state index contributed by atoms with van der Waals surface area (Å²) < 4.78 is 38.2. The van der Waals surface area contributed by atoms with Gasteiger partial charge in [0.1, 0.15) is 11.2 Å². The van der Waals surface area contributed by atoms with Crippen molar-refractivity contribution in [1.29, 1.82) is 5.26 Å². The number of aromatic nitrogens is 1. The Hall–Kier alpha value is -3.57. The molecular weight excluding hydrogens is 405 g/mol. The van der Waals surface area contributed by atoms with Crippen LogP contribution in [0.5, 0.6) is 0 Å². The third kappa shape index (κ3) is 4.83. The molecule has 1 heterocycles. The second-order valence-electron chi connectivity index (χ2n) is 5.87. The summed E-state index contributed by atoms with van der Waals surface area (Å²) in [5, 5.41) is 14.2. The van der Waals surface area contributed by atoms with Crippen LogP contribution in [-0.4, -0.2) is 11.0 Å². The zero-order valence-corrected chi connectivity index (χ0v) is 15.3. The number of nitrogens with one attached hydrogen (secondary N) is 2. The largest absolute Gasteiger partial charge is 0.416 e. The summed E-state index contributed by atoms with van der Waals surface area (Å²) in [6, 6.07) is 13.8. The summed E-state index contributed by atoms with van der Waals surface area (Å²) in [6.07, 6.45) is -3.02. The first-order valence-electron chi connectivity index (χ1n) is 8.18. The topological polar surface area (TPSA) is 77.8 Å². The summed E-state index contributed by atoms with van der Waals surface area (Å²) in [5.41, 5.74) is 1.08. The highest BCUT2D eigenvalue weighted by atomic mass is 35.5. The van der Waals surface area contributed by atoms with Crippen molar-refractivity contribution in [1.82, 2.24) is 4.98 Å². The maximum atomic E-state index is 12.7. The molecule has 0 spiro atoms. The van der Waals surface area contributed by atoms with Crippen LogP contribution in [0, 0.1) is 11.3 Å². The number of anilines is 2. The monoisotopic (exact) mass is 416 g/mol. The van der Waals surface area contributed by atoms with E-state index in [4.69, 9.17) is 11.6 Å². The lowest BCUT2D eigenvalue weighted by Crippen LogP contribution is -2.19. The van der Waals surface area contributed by atoms with Crippen molar-refractivity contribution in [2.45, 2.75) is 6.18 Å². The third-order valence-electron chi connectivity index (χ3n) is 3.92. The van der Waals surface area contributed by atoms with Gasteiger partial charge in [-0.2, -0.15) is 18.4 Å². The minimum Gasteiger partial charge on any atom is -0.308 e. The molecule has 2 N–H and O–H groups in total. The van der Waals surface area contributed by atoms with Crippen molar-refractivity contribution in [3.05, 3.63) is 77.1 Å². The van der Waals surface area contributed by atoms with Gasteiger partial charge in [0.15, 0.2) is 0 Å². The van der Waals surface area contributed by atoms with Gasteiger partial charge in [-0.15, -0.1) is 0 Å². The molecule has 2 amide bonds. The number of carbonyl (C=O) groups excluding carboxylic acids is 1. The Kier molecular flexibility index (Phi) is 5.71. The molecule has 0 saturated heterocycles. The lowest BCUT2D eigenvalue weighted by molar-refractivity contribution is -0.137. The number of urea groups is 1. The van der Waals surface area contributed by atoms with E-state index < -0.39 is 17.8 Å². The number of nitriles is 1. The molecule has 0 unspecified atom stereocenters. The van der Waals surface area contributed by atoms with Crippen LogP contribution in [0.15, 0.2) is 60.8 Å². The standard InChI is InChI=1S/C20H12ClF3N4O/c21-18-17(11-25)16(8-9-26-18)12-4-6-14(7-5-12)27-19(29)28-15-3-1-2-13(10-15)20(22,23)24/h1-10H,(H2,27,28,29).